The van der Waals surface area contributed by atoms with E-state index in [9.17, 15) is 9.59 Å². The average molecular weight is 254 g/mol. The molecule has 2 aliphatic rings. The molecule has 0 spiro atoms. The molecule has 2 fully saturated rings. The Hall–Kier alpha value is -1.26. The van der Waals surface area contributed by atoms with Crippen molar-refractivity contribution in [1.82, 2.24) is 10.2 Å². The van der Waals surface area contributed by atoms with E-state index in [1.807, 2.05) is 27.7 Å². The summed E-state index contributed by atoms with van der Waals surface area (Å²) in [4.78, 5) is 25.3. The zero-order valence-corrected chi connectivity index (χ0v) is 11.5. The molecule has 0 aliphatic carbocycles. The number of carbonyl (C=O) groups excluding carboxylic acids is 2. The number of ether oxygens (including phenoxy) is 1. The second kappa shape index (κ2) is 4.44. The zero-order valence-electron chi connectivity index (χ0n) is 11.5. The maximum atomic E-state index is 12.0. The van der Waals surface area contributed by atoms with Crippen molar-refractivity contribution in [2.75, 3.05) is 19.6 Å². The van der Waals surface area contributed by atoms with Gasteiger partial charge in [-0.1, -0.05) is 6.92 Å². The lowest BCUT2D eigenvalue weighted by Crippen LogP contribution is -2.46. The molecule has 0 aromatic heterocycles. The number of nitrogens with one attached hydrogen (secondary N) is 1. The molecule has 0 radical (unpaired) electrons. The van der Waals surface area contributed by atoms with E-state index >= 15 is 0 Å². The van der Waals surface area contributed by atoms with Gasteiger partial charge in [-0.2, -0.15) is 0 Å². The summed E-state index contributed by atoms with van der Waals surface area (Å²) in [6, 6.07) is 0. The molecule has 0 unspecified atom stereocenters. The first kappa shape index (κ1) is 13.2. The van der Waals surface area contributed by atoms with Crippen molar-refractivity contribution in [1.29, 1.82) is 0 Å². The summed E-state index contributed by atoms with van der Waals surface area (Å²) in [6.07, 6.45) is -0.267. The number of fused-ring (bicyclic) bond motifs is 1. The van der Waals surface area contributed by atoms with Crippen molar-refractivity contribution in [3.05, 3.63) is 0 Å². The molecule has 0 saturated carbocycles. The van der Waals surface area contributed by atoms with Gasteiger partial charge in [0.2, 0.25) is 5.91 Å². The number of hydrogen-bond donors (Lipinski definition) is 1. The molecule has 2 amide bonds. The number of carbonyl (C=O) groups is 2. The Kier molecular flexibility index (Phi) is 3.25. The largest absolute Gasteiger partial charge is 0.444 e. The Morgan fingerprint density at radius 2 is 2.06 bits per heavy atom. The van der Waals surface area contributed by atoms with Crippen LogP contribution in [0.2, 0.25) is 0 Å². The highest BCUT2D eigenvalue weighted by Gasteiger charge is 2.44. The number of piperidine rings is 1. The van der Waals surface area contributed by atoms with Gasteiger partial charge in [0.25, 0.3) is 0 Å². The Morgan fingerprint density at radius 3 is 2.67 bits per heavy atom. The SMILES string of the molecule is C[C@H]1C(=O)NC[C@H]2CN(C(=O)OC(C)(C)C)C[C@H]21. The standard InChI is InChI=1S/C13H22N2O3/c1-8-10-7-15(12(17)18-13(2,3)4)6-9(10)5-14-11(8)16/h8-10H,5-7H2,1-4H3,(H,14,16)/t8-,9+,10+/m1/s1. The smallest absolute Gasteiger partial charge is 0.410 e. The topological polar surface area (TPSA) is 58.6 Å². The van der Waals surface area contributed by atoms with Gasteiger partial charge >= 0.3 is 6.09 Å². The fraction of sp³-hybridized carbons (Fsp3) is 0.846. The lowest BCUT2D eigenvalue weighted by molar-refractivity contribution is -0.128. The fourth-order valence-electron chi connectivity index (χ4n) is 2.74. The summed E-state index contributed by atoms with van der Waals surface area (Å²) in [5.74, 6) is 0.718. The Morgan fingerprint density at radius 1 is 1.39 bits per heavy atom. The molecule has 2 aliphatic heterocycles. The summed E-state index contributed by atoms with van der Waals surface area (Å²) in [7, 11) is 0. The highest BCUT2D eigenvalue weighted by atomic mass is 16.6. The van der Waals surface area contributed by atoms with Crippen LogP contribution in [-0.2, 0) is 9.53 Å². The van der Waals surface area contributed by atoms with Crippen LogP contribution in [0.4, 0.5) is 4.79 Å². The highest BCUT2D eigenvalue weighted by Crippen LogP contribution is 2.33. The number of nitrogens with zero attached hydrogens (tertiary/aromatic N) is 1. The van der Waals surface area contributed by atoms with Gasteiger partial charge in [-0.25, -0.2) is 4.79 Å². The van der Waals surface area contributed by atoms with Gasteiger partial charge in [0.1, 0.15) is 5.60 Å². The molecule has 5 heteroatoms. The first-order valence-electron chi connectivity index (χ1n) is 6.53. The molecular formula is C13H22N2O3. The third-order valence-corrected chi connectivity index (χ3v) is 3.74. The van der Waals surface area contributed by atoms with Crippen molar-refractivity contribution >= 4 is 12.0 Å². The van der Waals surface area contributed by atoms with Gasteiger partial charge in [0.05, 0.1) is 0 Å². The predicted molar refractivity (Wildman–Crippen MR) is 67.0 cm³/mol. The van der Waals surface area contributed by atoms with E-state index in [0.29, 0.717) is 25.6 Å². The Balaban J connectivity index is 1.99. The van der Waals surface area contributed by atoms with Gasteiger partial charge in [0, 0.05) is 25.6 Å². The number of rotatable bonds is 0. The van der Waals surface area contributed by atoms with Crippen LogP contribution < -0.4 is 5.32 Å². The third-order valence-electron chi connectivity index (χ3n) is 3.74. The summed E-state index contributed by atoms with van der Waals surface area (Å²) in [5, 5.41) is 2.89. The minimum atomic E-state index is -0.468. The van der Waals surface area contributed by atoms with Crippen LogP contribution in [-0.4, -0.2) is 42.1 Å². The van der Waals surface area contributed by atoms with E-state index in [4.69, 9.17) is 4.74 Å². The van der Waals surface area contributed by atoms with Gasteiger partial charge in [0.15, 0.2) is 0 Å². The highest BCUT2D eigenvalue weighted by molar-refractivity contribution is 5.80. The fourth-order valence-corrected chi connectivity index (χ4v) is 2.74. The van der Waals surface area contributed by atoms with Crippen molar-refractivity contribution < 1.29 is 14.3 Å². The average Bonchev–Trinajstić information content (AvgIpc) is 2.66. The van der Waals surface area contributed by atoms with Gasteiger partial charge in [-0.05, 0) is 32.6 Å². The van der Waals surface area contributed by atoms with Crippen LogP contribution in [0.25, 0.3) is 0 Å². The van der Waals surface area contributed by atoms with Crippen LogP contribution >= 0.6 is 0 Å². The van der Waals surface area contributed by atoms with E-state index in [1.165, 1.54) is 0 Å². The van der Waals surface area contributed by atoms with E-state index in [2.05, 4.69) is 5.32 Å². The van der Waals surface area contributed by atoms with Crippen LogP contribution in [0.15, 0.2) is 0 Å². The molecule has 2 heterocycles. The normalized spacial score (nSPS) is 31.9. The van der Waals surface area contributed by atoms with E-state index < -0.39 is 5.60 Å². The monoisotopic (exact) mass is 254 g/mol. The predicted octanol–water partition coefficient (Wildman–Crippen LogP) is 1.24. The zero-order chi connectivity index (χ0) is 13.5. The third kappa shape index (κ3) is 2.60. The molecular weight excluding hydrogens is 232 g/mol. The van der Waals surface area contributed by atoms with Crippen LogP contribution in [0.5, 0.6) is 0 Å². The summed E-state index contributed by atoms with van der Waals surface area (Å²) >= 11 is 0. The maximum Gasteiger partial charge on any atom is 0.410 e. The van der Waals surface area contributed by atoms with Gasteiger partial charge in [-0.15, -0.1) is 0 Å². The Labute approximate surface area is 108 Å². The first-order chi connectivity index (χ1) is 8.28. The molecule has 2 saturated heterocycles. The lowest BCUT2D eigenvalue weighted by atomic mass is 9.81. The second-order valence-corrected chi connectivity index (χ2v) is 6.34. The van der Waals surface area contributed by atoms with Gasteiger partial charge in [-0.3, -0.25) is 4.79 Å². The van der Waals surface area contributed by atoms with E-state index in [1.54, 1.807) is 4.90 Å². The van der Waals surface area contributed by atoms with Crippen molar-refractivity contribution in [3.8, 4) is 0 Å². The van der Waals surface area contributed by atoms with Crippen molar-refractivity contribution in [3.63, 3.8) is 0 Å². The van der Waals surface area contributed by atoms with Crippen LogP contribution in [0.3, 0.4) is 0 Å². The molecule has 1 N–H and O–H groups in total. The summed E-state index contributed by atoms with van der Waals surface area (Å²) in [6.45, 7) is 9.52. The van der Waals surface area contributed by atoms with Crippen molar-refractivity contribution in [2.24, 2.45) is 17.8 Å². The van der Waals surface area contributed by atoms with Gasteiger partial charge < -0.3 is 15.0 Å². The number of amides is 2. The molecule has 102 valence electrons. The molecule has 5 nitrogen and oxygen atoms in total. The molecule has 0 aromatic carbocycles. The van der Waals surface area contributed by atoms with E-state index in [-0.39, 0.29) is 23.8 Å². The maximum absolute atomic E-state index is 12.0. The second-order valence-electron chi connectivity index (χ2n) is 6.34. The molecule has 0 aromatic rings. The number of likely N-dealkylation sites (tertiary alicyclic amines) is 1. The van der Waals surface area contributed by atoms with Crippen LogP contribution in [0.1, 0.15) is 27.7 Å². The number of hydrogen-bond acceptors (Lipinski definition) is 3. The van der Waals surface area contributed by atoms with Crippen LogP contribution in [0, 0.1) is 17.8 Å². The van der Waals surface area contributed by atoms with Crippen molar-refractivity contribution in [2.45, 2.75) is 33.3 Å². The van der Waals surface area contributed by atoms with E-state index in [0.717, 1.165) is 0 Å². The molecule has 2 rings (SSSR count). The lowest BCUT2D eigenvalue weighted by Gasteiger charge is -2.29. The molecule has 0 bridgehead atoms. The molecule has 3 atom stereocenters. The first-order valence-corrected chi connectivity index (χ1v) is 6.53. The quantitative estimate of drug-likeness (QED) is 0.707. The Bertz CT molecular complexity index is 362. The minimum Gasteiger partial charge on any atom is -0.444 e. The minimum absolute atomic E-state index is 0.0174. The summed E-state index contributed by atoms with van der Waals surface area (Å²) < 4.78 is 5.37. The summed E-state index contributed by atoms with van der Waals surface area (Å²) in [5.41, 5.74) is -0.468. The molecule has 18 heavy (non-hydrogen) atoms.